The molecule has 22 heavy (non-hydrogen) atoms. The van der Waals surface area contributed by atoms with E-state index in [-0.39, 0.29) is 12.2 Å². The molecule has 1 saturated heterocycles. The second-order valence-corrected chi connectivity index (χ2v) is 6.78. The summed E-state index contributed by atoms with van der Waals surface area (Å²) in [6.07, 6.45) is 22.4. The summed E-state index contributed by atoms with van der Waals surface area (Å²) < 4.78 is 5.30. The SMILES string of the molecule is CCCCCCCC/C=C\CCCCCCC(O)C1CCO1. The van der Waals surface area contributed by atoms with E-state index in [0.29, 0.717) is 0 Å². The van der Waals surface area contributed by atoms with Gasteiger partial charge in [0.05, 0.1) is 12.2 Å². The van der Waals surface area contributed by atoms with E-state index in [1.54, 1.807) is 0 Å². The number of hydrogen-bond acceptors (Lipinski definition) is 2. The molecule has 2 heteroatoms. The summed E-state index contributed by atoms with van der Waals surface area (Å²) >= 11 is 0. The van der Waals surface area contributed by atoms with Crippen molar-refractivity contribution in [2.45, 2.75) is 109 Å². The Morgan fingerprint density at radius 1 is 0.909 bits per heavy atom. The van der Waals surface area contributed by atoms with Gasteiger partial charge in [0, 0.05) is 6.61 Å². The summed E-state index contributed by atoms with van der Waals surface area (Å²) in [6.45, 7) is 3.11. The molecule has 0 amide bonds. The molecule has 1 aliphatic rings. The third-order valence-electron chi connectivity index (χ3n) is 4.68. The average molecular weight is 311 g/mol. The zero-order valence-electron chi connectivity index (χ0n) is 14.8. The molecule has 2 atom stereocenters. The third kappa shape index (κ3) is 10.4. The largest absolute Gasteiger partial charge is 0.390 e. The first-order valence-electron chi connectivity index (χ1n) is 9.79. The highest BCUT2D eigenvalue weighted by Crippen LogP contribution is 2.19. The zero-order chi connectivity index (χ0) is 15.9. The van der Waals surface area contributed by atoms with Crippen molar-refractivity contribution >= 4 is 0 Å². The summed E-state index contributed by atoms with van der Waals surface area (Å²) in [6, 6.07) is 0. The monoisotopic (exact) mass is 310 g/mol. The predicted octanol–water partition coefficient (Wildman–Crippen LogP) is 5.78. The van der Waals surface area contributed by atoms with Gasteiger partial charge in [-0.2, -0.15) is 0 Å². The molecule has 0 aromatic rings. The molecular weight excluding hydrogens is 272 g/mol. The van der Waals surface area contributed by atoms with Gasteiger partial charge in [0.1, 0.15) is 0 Å². The molecule has 1 rings (SSSR count). The highest BCUT2D eigenvalue weighted by molar-refractivity contribution is 4.81. The Balaban J connectivity index is 1.74. The van der Waals surface area contributed by atoms with Crippen molar-refractivity contribution < 1.29 is 9.84 Å². The minimum absolute atomic E-state index is 0.143. The van der Waals surface area contributed by atoms with Gasteiger partial charge < -0.3 is 9.84 Å². The zero-order valence-corrected chi connectivity index (χ0v) is 14.8. The average Bonchev–Trinajstić information content (AvgIpc) is 2.46. The summed E-state index contributed by atoms with van der Waals surface area (Å²) in [5.74, 6) is 0. The topological polar surface area (TPSA) is 29.5 Å². The number of ether oxygens (including phenoxy) is 1. The molecular formula is C20H38O2. The number of aliphatic hydroxyl groups is 1. The molecule has 0 radical (unpaired) electrons. The fourth-order valence-corrected chi connectivity index (χ4v) is 2.99. The summed E-state index contributed by atoms with van der Waals surface area (Å²) in [7, 11) is 0. The van der Waals surface area contributed by atoms with Gasteiger partial charge in [0.15, 0.2) is 0 Å². The molecule has 2 nitrogen and oxygen atoms in total. The quantitative estimate of drug-likeness (QED) is 0.307. The van der Waals surface area contributed by atoms with E-state index in [9.17, 15) is 5.11 Å². The van der Waals surface area contributed by atoms with E-state index in [1.165, 1.54) is 70.6 Å². The van der Waals surface area contributed by atoms with Crippen LogP contribution in [0.25, 0.3) is 0 Å². The minimum Gasteiger partial charge on any atom is -0.390 e. The maximum Gasteiger partial charge on any atom is 0.0855 e. The van der Waals surface area contributed by atoms with Crippen LogP contribution in [0.3, 0.4) is 0 Å². The standard InChI is InChI=1S/C20H38O2/c1-2-3-4-5-6-7-8-9-10-11-12-13-14-15-16-19(21)20-17-18-22-20/h9-10,19-21H,2-8,11-18H2,1H3/b10-9-. The van der Waals surface area contributed by atoms with Crippen LogP contribution in [-0.4, -0.2) is 23.9 Å². The van der Waals surface area contributed by atoms with Gasteiger partial charge in [-0.15, -0.1) is 0 Å². The van der Waals surface area contributed by atoms with Crippen molar-refractivity contribution in [1.29, 1.82) is 0 Å². The van der Waals surface area contributed by atoms with E-state index >= 15 is 0 Å². The molecule has 1 fully saturated rings. The minimum atomic E-state index is -0.217. The van der Waals surface area contributed by atoms with E-state index in [1.807, 2.05) is 0 Å². The Bertz CT molecular complexity index is 258. The van der Waals surface area contributed by atoms with E-state index in [0.717, 1.165) is 25.9 Å². The Morgan fingerprint density at radius 3 is 2.00 bits per heavy atom. The van der Waals surface area contributed by atoms with Crippen molar-refractivity contribution in [3.8, 4) is 0 Å². The fraction of sp³-hybridized carbons (Fsp3) is 0.900. The highest BCUT2D eigenvalue weighted by atomic mass is 16.5. The summed E-state index contributed by atoms with van der Waals surface area (Å²) in [5, 5.41) is 9.82. The van der Waals surface area contributed by atoms with E-state index in [4.69, 9.17) is 4.74 Å². The van der Waals surface area contributed by atoms with Crippen molar-refractivity contribution in [1.82, 2.24) is 0 Å². The van der Waals surface area contributed by atoms with Crippen molar-refractivity contribution in [3.63, 3.8) is 0 Å². The molecule has 0 aromatic carbocycles. The van der Waals surface area contributed by atoms with Gasteiger partial charge in [0.2, 0.25) is 0 Å². The van der Waals surface area contributed by atoms with Crippen LogP contribution in [0, 0.1) is 0 Å². The van der Waals surface area contributed by atoms with Crippen LogP contribution in [0.15, 0.2) is 12.2 Å². The molecule has 1 heterocycles. The first-order valence-corrected chi connectivity index (χ1v) is 9.79. The van der Waals surface area contributed by atoms with Crippen molar-refractivity contribution in [3.05, 3.63) is 12.2 Å². The number of allylic oxidation sites excluding steroid dienone is 2. The van der Waals surface area contributed by atoms with Crippen LogP contribution in [0.4, 0.5) is 0 Å². The Labute approximate surface area is 138 Å². The molecule has 1 N–H and O–H groups in total. The smallest absolute Gasteiger partial charge is 0.0855 e. The molecule has 0 aromatic heterocycles. The van der Waals surface area contributed by atoms with Crippen LogP contribution < -0.4 is 0 Å². The molecule has 130 valence electrons. The molecule has 2 unspecified atom stereocenters. The number of unbranched alkanes of at least 4 members (excludes halogenated alkanes) is 10. The second kappa shape index (κ2) is 14.3. The number of aliphatic hydroxyl groups excluding tert-OH is 1. The molecule has 0 saturated carbocycles. The van der Waals surface area contributed by atoms with Crippen LogP contribution in [0.2, 0.25) is 0 Å². The second-order valence-electron chi connectivity index (χ2n) is 6.78. The lowest BCUT2D eigenvalue weighted by Gasteiger charge is -2.30. The highest BCUT2D eigenvalue weighted by Gasteiger charge is 2.25. The Hall–Kier alpha value is -0.340. The van der Waals surface area contributed by atoms with Gasteiger partial charge in [0.25, 0.3) is 0 Å². The third-order valence-corrected chi connectivity index (χ3v) is 4.68. The summed E-state index contributed by atoms with van der Waals surface area (Å²) in [5.41, 5.74) is 0. The maximum absolute atomic E-state index is 9.82. The van der Waals surface area contributed by atoms with Gasteiger partial charge in [-0.1, -0.05) is 70.4 Å². The van der Waals surface area contributed by atoms with Crippen LogP contribution in [0.5, 0.6) is 0 Å². The fourth-order valence-electron chi connectivity index (χ4n) is 2.99. The number of rotatable bonds is 15. The van der Waals surface area contributed by atoms with Gasteiger partial charge >= 0.3 is 0 Å². The summed E-state index contributed by atoms with van der Waals surface area (Å²) in [4.78, 5) is 0. The van der Waals surface area contributed by atoms with E-state index < -0.39 is 0 Å². The Morgan fingerprint density at radius 2 is 1.45 bits per heavy atom. The lowest BCUT2D eigenvalue weighted by Crippen LogP contribution is -2.38. The first kappa shape index (κ1) is 19.7. The van der Waals surface area contributed by atoms with Crippen molar-refractivity contribution in [2.75, 3.05) is 6.61 Å². The Kier molecular flexibility index (Phi) is 12.8. The maximum atomic E-state index is 9.82. The van der Waals surface area contributed by atoms with E-state index in [2.05, 4.69) is 19.1 Å². The lowest BCUT2D eigenvalue weighted by atomic mass is 10.0. The van der Waals surface area contributed by atoms with Crippen molar-refractivity contribution in [2.24, 2.45) is 0 Å². The van der Waals surface area contributed by atoms with Gasteiger partial charge in [-0.25, -0.2) is 0 Å². The first-order chi connectivity index (χ1) is 10.8. The molecule has 1 aliphatic heterocycles. The van der Waals surface area contributed by atoms with Crippen LogP contribution in [0.1, 0.15) is 96.8 Å². The molecule has 0 bridgehead atoms. The normalized spacial score (nSPS) is 19.5. The lowest BCUT2D eigenvalue weighted by molar-refractivity contribution is -0.118. The van der Waals surface area contributed by atoms with Gasteiger partial charge in [-0.05, 0) is 38.5 Å². The van der Waals surface area contributed by atoms with Crippen LogP contribution in [-0.2, 0) is 4.74 Å². The van der Waals surface area contributed by atoms with Gasteiger partial charge in [-0.3, -0.25) is 0 Å². The number of hydrogen-bond donors (Lipinski definition) is 1. The molecule has 0 aliphatic carbocycles. The van der Waals surface area contributed by atoms with Crippen LogP contribution >= 0.6 is 0 Å². The molecule has 0 spiro atoms. The predicted molar refractivity (Wildman–Crippen MR) is 95.2 cm³/mol.